The molecule has 3 aromatic rings. The molecule has 4 heterocycles. The van der Waals surface area contributed by atoms with Gasteiger partial charge in [0.15, 0.2) is 0 Å². The van der Waals surface area contributed by atoms with Crippen molar-refractivity contribution in [3.05, 3.63) is 59.9 Å². The second-order valence-electron chi connectivity index (χ2n) is 7.70. The van der Waals surface area contributed by atoms with E-state index >= 15 is 0 Å². The van der Waals surface area contributed by atoms with Crippen molar-refractivity contribution in [1.82, 2.24) is 19.9 Å². The molecule has 31 heavy (non-hydrogen) atoms. The Morgan fingerprint density at radius 1 is 1.10 bits per heavy atom. The summed E-state index contributed by atoms with van der Waals surface area (Å²) in [6, 6.07) is 8.01. The van der Waals surface area contributed by atoms with Gasteiger partial charge in [0.25, 0.3) is 0 Å². The normalized spacial score (nSPS) is 17.5. The van der Waals surface area contributed by atoms with Crippen molar-refractivity contribution >= 4 is 29.2 Å². The Hall–Kier alpha value is -3.62. The van der Waals surface area contributed by atoms with Crippen molar-refractivity contribution in [2.45, 2.75) is 38.1 Å². The van der Waals surface area contributed by atoms with E-state index in [0.717, 1.165) is 48.6 Å². The highest BCUT2D eigenvalue weighted by atomic mass is 19.1. The summed E-state index contributed by atoms with van der Waals surface area (Å²) < 4.78 is 13.1. The average molecular weight is 419 g/mol. The molecule has 1 aliphatic heterocycles. The number of carbonyl (C=O) groups is 1. The van der Waals surface area contributed by atoms with E-state index in [9.17, 15) is 9.18 Å². The minimum Gasteiger partial charge on any atom is -0.329 e. The summed E-state index contributed by atoms with van der Waals surface area (Å²) in [7, 11) is 0. The van der Waals surface area contributed by atoms with Crippen LogP contribution in [-0.4, -0.2) is 38.4 Å². The van der Waals surface area contributed by atoms with E-state index in [1.165, 1.54) is 18.3 Å². The highest BCUT2D eigenvalue weighted by Gasteiger charge is 2.34. The molecule has 0 bridgehead atoms. The number of anilines is 4. The molecule has 1 amide bonds. The molecule has 1 atom stereocenters. The summed E-state index contributed by atoms with van der Waals surface area (Å²) in [6.07, 6.45) is 7.46. The van der Waals surface area contributed by atoms with E-state index in [1.807, 2.05) is 23.1 Å². The number of hydrogen-bond acceptors (Lipinski definition) is 7. The molecule has 9 heteroatoms. The molecule has 0 unspecified atom stereocenters. The second kappa shape index (κ2) is 8.25. The molecular formula is C22H22FN7O. The lowest BCUT2D eigenvalue weighted by Gasteiger charge is -2.25. The third-order valence-electron chi connectivity index (χ3n) is 5.64. The van der Waals surface area contributed by atoms with Crippen LogP contribution >= 0.6 is 0 Å². The molecule has 5 rings (SSSR count). The number of amides is 1. The fourth-order valence-electron chi connectivity index (χ4n) is 4.16. The molecule has 2 N–H and O–H groups in total. The van der Waals surface area contributed by atoms with Crippen molar-refractivity contribution in [2.75, 3.05) is 22.1 Å². The quantitative estimate of drug-likeness (QED) is 0.613. The van der Waals surface area contributed by atoms with Crippen LogP contribution in [0, 0.1) is 5.95 Å². The van der Waals surface area contributed by atoms with E-state index in [-0.39, 0.29) is 5.91 Å². The van der Waals surface area contributed by atoms with Gasteiger partial charge in [-0.15, -0.1) is 0 Å². The van der Waals surface area contributed by atoms with E-state index in [2.05, 4.69) is 20.6 Å². The van der Waals surface area contributed by atoms with Gasteiger partial charge < -0.3 is 15.5 Å². The first kappa shape index (κ1) is 19.3. The molecule has 1 saturated heterocycles. The number of nitrogens with zero attached hydrogens (tertiary/aromatic N) is 5. The number of fused-ring (bicyclic) bond motifs is 1. The minimum absolute atomic E-state index is 0.172. The molecule has 0 radical (unpaired) electrons. The molecule has 8 nitrogen and oxygen atoms in total. The number of nitrogens with one attached hydrogen (secondary N) is 2. The monoisotopic (exact) mass is 419 g/mol. The number of aromatic nitrogens is 4. The molecule has 0 spiro atoms. The first-order chi connectivity index (χ1) is 15.2. The zero-order chi connectivity index (χ0) is 21.2. The van der Waals surface area contributed by atoms with Crippen LogP contribution in [0.1, 0.15) is 30.5 Å². The first-order valence-corrected chi connectivity index (χ1v) is 10.4. The zero-order valence-corrected chi connectivity index (χ0v) is 16.9. The van der Waals surface area contributed by atoms with Crippen LogP contribution < -0.4 is 15.5 Å². The SMILES string of the molecule is O=C(Nc1ccc(F)nc1)[C@@H]1CCCN1c1nc2c(c(Nc3ccccn3)n1)CCC2. The van der Waals surface area contributed by atoms with Gasteiger partial charge in [-0.05, 0) is 56.4 Å². The summed E-state index contributed by atoms with van der Waals surface area (Å²) in [5.74, 6) is 1.27. The van der Waals surface area contributed by atoms with Crippen LogP contribution in [0.5, 0.6) is 0 Å². The number of rotatable bonds is 5. The van der Waals surface area contributed by atoms with Crippen LogP contribution in [0.3, 0.4) is 0 Å². The predicted octanol–water partition coefficient (Wildman–Crippen LogP) is 3.25. The molecule has 1 fully saturated rings. The minimum atomic E-state index is -0.583. The zero-order valence-electron chi connectivity index (χ0n) is 16.9. The standard InChI is InChI=1S/C22H22FN7O/c23-18-10-9-14(13-25-18)26-21(31)17-7-4-12-30(17)22-27-16-6-3-5-15(16)20(29-22)28-19-8-1-2-11-24-19/h1-2,8-11,13,17H,3-7,12H2,(H,26,31)(H,24,27,28,29)/t17-/m0/s1. The Morgan fingerprint density at radius 2 is 2.03 bits per heavy atom. The van der Waals surface area contributed by atoms with Gasteiger partial charge >= 0.3 is 0 Å². The largest absolute Gasteiger partial charge is 0.329 e. The van der Waals surface area contributed by atoms with Crippen molar-refractivity contribution in [1.29, 1.82) is 0 Å². The molecule has 158 valence electrons. The fourth-order valence-corrected chi connectivity index (χ4v) is 4.16. The summed E-state index contributed by atoms with van der Waals surface area (Å²) in [6.45, 7) is 0.696. The summed E-state index contributed by atoms with van der Waals surface area (Å²) >= 11 is 0. The van der Waals surface area contributed by atoms with E-state index in [4.69, 9.17) is 9.97 Å². The Labute approximate surface area is 179 Å². The van der Waals surface area contributed by atoms with Crippen LogP contribution in [0.15, 0.2) is 42.7 Å². The van der Waals surface area contributed by atoms with E-state index < -0.39 is 12.0 Å². The fraction of sp³-hybridized carbons (Fsp3) is 0.318. The topological polar surface area (TPSA) is 95.9 Å². The Morgan fingerprint density at radius 3 is 2.84 bits per heavy atom. The Balaban J connectivity index is 1.41. The smallest absolute Gasteiger partial charge is 0.247 e. The highest BCUT2D eigenvalue weighted by molar-refractivity contribution is 5.96. The van der Waals surface area contributed by atoms with E-state index in [0.29, 0.717) is 24.6 Å². The third-order valence-corrected chi connectivity index (χ3v) is 5.64. The summed E-state index contributed by atoms with van der Waals surface area (Å²) in [5, 5.41) is 6.15. The van der Waals surface area contributed by atoms with Crippen molar-refractivity contribution in [2.24, 2.45) is 0 Å². The molecule has 2 aliphatic rings. The van der Waals surface area contributed by atoms with Crippen LogP contribution in [-0.2, 0) is 17.6 Å². The molecule has 3 aromatic heterocycles. The Kier molecular flexibility index (Phi) is 5.15. The average Bonchev–Trinajstić information content (AvgIpc) is 3.45. The molecule has 0 aromatic carbocycles. The van der Waals surface area contributed by atoms with Gasteiger partial charge in [-0.3, -0.25) is 4.79 Å². The number of halogens is 1. The predicted molar refractivity (Wildman–Crippen MR) is 115 cm³/mol. The van der Waals surface area contributed by atoms with Gasteiger partial charge in [-0.25, -0.2) is 15.0 Å². The lowest BCUT2D eigenvalue weighted by atomic mass is 10.2. The number of hydrogen-bond donors (Lipinski definition) is 2. The second-order valence-corrected chi connectivity index (χ2v) is 7.70. The lowest BCUT2D eigenvalue weighted by molar-refractivity contribution is -0.117. The maximum Gasteiger partial charge on any atom is 0.247 e. The van der Waals surface area contributed by atoms with Gasteiger partial charge in [0.05, 0.1) is 17.6 Å². The molecule has 1 aliphatic carbocycles. The maximum absolute atomic E-state index is 13.1. The van der Waals surface area contributed by atoms with Gasteiger partial charge in [0, 0.05) is 18.3 Å². The van der Waals surface area contributed by atoms with Crippen molar-refractivity contribution in [3.8, 4) is 0 Å². The highest BCUT2D eigenvalue weighted by Crippen LogP contribution is 2.32. The third kappa shape index (κ3) is 4.03. The Bertz CT molecular complexity index is 1090. The van der Waals surface area contributed by atoms with Gasteiger partial charge in [-0.2, -0.15) is 9.37 Å². The van der Waals surface area contributed by atoms with Crippen LogP contribution in [0.4, 0.5) is 27.7 Å². The number of carbonyl (C=O) groups excluding carboxylic acids is 1. The van der Waals surface area contributed by atoms with Crippen molar-refractivity contribution in [3.63, 3.8) is 0 Å². The molecular weight excluding hydrogens is 397 g/mol. The van der Waals surface area contributed by atoms with Gasteiger partial charge in [0.1, 0.15) is 17.7 Å². The number of pyridine rings is 2. The van der Waals surface area contributed by atoms with E-state index in [1.54, 1.807) is 6.20 Å². The summed E-state index contributed by atoms with van der Waals surface area (Å²) in [4.78, 5) is 32.4. The van der Waals surface area contributed by atoms with Crippen LogP contribution in [0.2, 0.25) is 0 Å². The summed E-state index contributed by atoms with van der Waals surface area (Å²) in [5.41, 5.74) is 2.61. The number of aryl methyl sites for hydroxylation is 1. The molecule has 0 saturated carbocycles. The van der Waals surface area contributed by atoms with Crippen molar-refractivity contribution < 1.29 is 9.18 Å². The lowest BCUT2D eigenvalue weighted by Crippen LogP contribution is -2.40. The first-order valence-electron chi connectivity index (χ1n) is 10.4. The van der Waals surface area contributed by atoms with Gasteiger partial charge in [0.2, 0.25) is 17.8 Å². The maximum atomic E-state index is 13.1. The van der Waals surface area contributed by atoms with Gasteiger partial charge in [-0.1, -0.05) is 6.07 Å². The van der Waals surface area contributed by atoms with Crippen LogP contribution in [0.25, 0.3) is 0 Å².